The van der Waals surface area contributed by atoms with Crippen molar-refractivity contribution in [3.05, 3.63) is 24.3 Å². The number of allylic oxidation sites excluding steroid dienone is 4. The van der Waals surface area contributed by atoms with Gasteiger partial charge in [-0.15, -0.1) is 0 Å². The summed E-state index contributed by atoms with van der Waals surface area (Å²) in [7, 11) is 0. The number of amides is 4. The van der Waals surface area contributed by atoms with E-state index < -0.39 is 12.1 Å². The molecule has 0 saturated heterocycles. The van der Waals surface area contributed by atoms with Gasteiger partial charge in [0.05, 0.1) is 0 Å². The van der Waals surface area contributed by atoms with Crippen LogP contribution in [0.2, 0.25) is 0 Å². The average molecular weight is 1080 g/mol. The molecule has 10 heteroatoms. The van der Waals surface area contributed by atoms with Crippen LogP contribution < -0.4 is 10.6 Å². The van der Waals surface area contributed by atoms with Crippen molar-refractivity contribution in [2.45, 2.75) is 306 Å². The molecule has 0 radical (unpaired) electrons. The summed E-state index contributed by atoms with van der Waals surface area (Å²) in [6.45, 7) is 29.7. The summed E-state index contributed by atoms with van der Waals surface area (Å²) >= 11 is 0. The summed E-state index contributed by atoms with van der Waals surface area (Å²) in [5, 5.41) is 6.45. The summed E-state index contributed by atoms with van der Waals surface area (Å²) in [5.74, 6) is 0.202. The minimum atomic E-state index is -0.471. The van der Waals surface area contributed by atoms with Crippen LogP contribution in [-0.2, 0) is 19.2 Å². The average Bonchev–Trinajstić information content (AvgIpc) is 3.41. The van der Waals surface area contributed by atoms with E-state index in [1.165, 1.54) is 116 Å². The van der Waals surface area contributed by atoms with E-state index in [0.29, 0.717) is 39.0 Å². The van der Waals surface area contributed by atoms with E-state index in [1.807, 2.05) is 9.80 Å². The third-order valence-corrected chi connectivity index (χ3v) is 15.9. The van der Waals surface area contributed by atoms with Gasteiger partial charge < -0.3 is 30.2 Å². The van der Waals surface area contributed by atoms with Gasteiger partial charge in [0, 0.05) is 39.0 Å². The van der Waals surface area contributed by atoms with Gasteiger partial charge in [-0.3, -0.25) is 19.2 Å². The lowest BCUT2D eigenvalue weighted by molar-refractivity contribution is -0.142. The second-order valence-electron chi connectivity index (χ2n) is 23.3. The highest BCUT2D eigenvalue weighted by atomic mass is 16.2. The largest absolute Gasteiger partial charge is 0.354 e. The van der Waals surface area contributed by atoms with Crippen LogP contribution in [0.15, 0.2) is 24.3 Å². The lowest BCUT2D eigenvalue weighted by Crippen LogP contribution is -2.53. The minimum Gasteiger partial charge on any atom is -0.354 e. The van der Waals surface area contributed by atoms with Crippen molar-refractivity contribution in [3.8, 4) is 0 Å². The first-order valence-electron chi connectivity index (χ1n) is 33.3. The summed E-state index contributed by atoms with van der Waals surface area (Å²) in [4.78, 5) is 64.2. The van der Waals surface area contributed by atoms with Gasteiger partial charge >= 0.3 is 0 Å². The molecule has 0 aromatic carbocycles. The Morgan fingerprint density at radius 2 is 0.610 bits per heavy atom. The maximum atomic E-state index is 13.9. The highest BCUT2D eigenvalue weighted by Gasteiger charge is 2.33. The molecule has 2 N–H and O–H groups in total. The molecule has 0 aromatic rings. The van der Waals surface area contributed by atoms with Crippen molar-refractivity contribution >= 4 is 23.6 Å². The fraction of sp³-hybridized carbons (Fsp3) is 0.881. The molecule has 2 unspecified atom stereocenters. The Bertz CT molecular complexity index is 1320. The summed E-state index contributed by atoms with van der Waals surface area (Å²) in [5.41, 5.74) is 0. The molecule has 0 bridgehead atoms. The van der Waals surface area contributed by atoms with Crippen LogP contribution in [0.5, 0.6) is 0 Å². The van der Waals surface area contributed by atoms with Crippen LogP contribution in [0.4, 0.5) is 0 Å². The fourth-order valence-electron chi connectivity index (χ4n) is 10.8. The van der Waals surface area contributed by atoms with Crippen molar-refractivity contribution < 1.29 is 19.2 Å². The van der Waals surface area contributed by atoms with Gasteiger partial charge in [0.15, 0.2) is 0 Å². The van der Waals surface area contributed by atoms with Crippen molar-refractivity contribution in [2.24, 2.45) is 11.8 Å². The molecular weight excluding hydrogens is 953 g/mol. The molecule has 0 aliphatic rings. The molecule has 0 aliphatic heterocycles. The Morgan fingerprint density at radius 3 is 0.896 bits per heavy atom. The zero-order valence-electron chi connectivity index (χ0n) is 52.9. The topological polar surface area (TPSA) is 105 Å². The van der Waals surface area contributed by atoms with Crippen molar-refractivity contribution in [2.75, 3.05) is 65.4 Å². The minimum absolute atomic E-state index is 0.0155. The third kappa shape index (κ3) is 41.0. The summed E-state index contributed by atoms with van der Waals surface area (Å²) in [6, 6.07) is -0.942. The van der Waals surface area contributed by atoms with Gasteiger partial charge in [-0.05, 0) is 141 Å². The van der Waals surface area contributed by atoms with Crippen molar-refractivity contribution in [1.29, 1.82) is 0 Å². The number of hydrogen-bond donors (Lipinski definition) is 2. The Morgan fingerprint density at radius 1 is 0.338 bits per heavy atom. The molecule has 0 fully saturated rings. The Kier molecular flexibility index (Phi) is 52.0. The molecule has 0 aliphatic carbocycles. The maximum absolute atomic E-state index is 13.9. The molecule has 0 aromatic heterocycles. The second kappa shape index (κ2) is 53.9. The van der Waals surface area contributed by atoms with Crippen LogP contribution in [0.25, 0.3) is 0 Å². The molecule has 77 heavy (non-hydrogen) atoms. The van der Waals surface area contributed by atoms with Crippen LogP contribution in [0, 0.1) is 11.8 Å². The zero-order chi connectivity index (χ0) is 57.0. The Hall–Kier alpha value is -2.72. The van der Waals surface area contributed by atoms with E-state index in [4.69, 9.17) is 0 Å². The molecule has 0 rings (SSSR count). The summed E-state index contributed by atoms with van der Waals surface area (Å²) in [6.07, 6.45) is 48.9. The maximum Gasteiger partial charge on any atom is 0.243 e. The van der Waals surface area contributed by atoms with Crippen LogP contribution in [-0.4, -0.2) is 121 Å². The number of nitrogens with zero attached hydrogens (tertiary/aromatic N) is 4. The predicted octanol–water partition coefficient (Wildman–Crippen LogP) is 16.4. The molecule has 0 heterocycles. The Balaban J connectivity index is 5.02. The second-order valence-corrected chi connectivity index (χ2v) is 23.3. The first-order valence-corrected chi connectivity index (χ1v) is 33.3. The molecule has 0 saturated carbocycles. The predicted molar refractivity (Wildman–Crippen MR) is 333 cm³/mol. The quantitative estimate of drug-likeness (QED) is 0.0464. The van der Waals surface area contributed by atoms with Gasteiger partial charge in [0.1, 0.15) is 12.1 Å². The van der Waals surface area contributed by atoms with Gasteiger partial charge in [-0.1, -0.05) is 216 Å². The van der Waals surface area contributed by atoms with Crippen LogP contribution in [0.1, 0.15) is 294 Å². The highest BCUT2D eigenvalue weighted by Crippen LogP contribution is 2.20. The molecule has 2 atom stereocenters. The van der Waals surface area contributed by atoms with Crippen LogP contribution in [0.3, 0.4) is 0 Å². The normalized spacial score (nSPS) is 12.8. The molecule has 4 amide bonds. The number of rotatable bonds is 56. The third-order valence-electron chi connectivity index (χ3n) is 15.9. The molecule has 452 valence electrons. The zero-order valence-corrected chi connectivity index (χ0v) is 52.9. The van der Waals surface area contributed by atoms with E-state index in [0.717, 1.165) is 136 Å². The van der Waals surface area contributed by atoms with Crippen molar-refractivity contribution in [3.63, 3.8) is 0 Å². The number of carbonyl (C=O) groups is 4. The van der Waals surface area contributed by atoms with E-state index >= 15 is 0 Å². The Labute approximate surface area is 478 Å². The standard InChI is InChI=1S/C67H130N6O4/c1-11-17-19-21-23-25-27-29-31-33-35-37-39-42-46-52-62(74)72(58-50-56-70(13-3)14-4)64(60(7)8)66(76)68-54-48-44-41-45-49-55-69-67(77)65(61(9)10)73(59-51-57-71(15-5)16-6)63(75)53-47-43-40-38-36-34-32-30-28-26-24-22-20-18-12-2/h29-32,60-61,64-65H,11-28,33-59H2,1-10H3,(H,68,76)(H,69,77)/b31-29-,32-30-. The van der Waals surface area contributed by atoms with E-state index in [1.54, 1.807) is 0 Å². The SMILES string of the molecule is CCCCCCCC/C=C\CCCCCCCC(=O)N(CCCN(CC)CC)C(C(=O)NCCCCCCCNC(=O)C(C(C)C)N(CCCN(CC)CC)C(=O)CCCCCCC/C=C\CCCCCCCC)C(C)C. The van der Waals surface area contributed by atoms with Crippen molar-refractivity contribution in [1.82, 2.24) is 30.2 Å². The van der Waals surface area contributed by atoms with E-state index in [-0.39, 0.29) is 35.5 Å². The summed E-state index contributed by atoms with van der Waals surface area (Å²) < 4.78 is 0. The van der Waals surface area contributed by atoms with E-state index in [2.05, 4.69) is 114 Å². The highest BCUT2D eigenvalue weighted by molar-refractivity contribution is 5.88. The number of nitrogens with one attached hydrogen (secondary N) is 2. The lowest BCUT2D eigenvalue weighted by Gasteiger charge is -2.34. The first kappa shape index (κ1) is 74.3. The van der Waals surface area contributed by atoms with E-state index in [9.17, 15) is 19.2 Å². The molecule has 10 nitrogen and oxygen atoms in total. The molecular formula is C67H130N6O4. The molecule has 0 spiro atoms. The number of hydrogen-bond acceptors (Lipinski definition) is 6. The fourth-order valence-corrected chi connectivity index (χ4v) is 10.8. The number of carbonyl (C=O) groups excluding carboxylic acids is 4. The first-order chi connectivity index (χ1) is 37.4. The van der Waals surface area contributed by atoms with Crippen LogP contribution >= 0.6 is 0 Å². The van der Waals surface area contributed by atoms with Gasteiger partial charge in [-0.2, -0.15) is 0 Å². The lowest BCUT2D eigenvalue weighted by atomic mass is 9.99. The van der Waals surface area contributed by atoms with Gasteiger partial charge in [0.2, 0.25) is 23.6 Å². The van der Waals surface area contributed by atoms with Gasteiger partial charge in [0.25, 0.3) is 0 Å². The number of unbranched alkanes of at least 4 members (excludes halogenated alkanes) is 26. The monoisotopic (exact) mass is 1080 g/mol. The van der Waals surface area contributed by atoms with Gasteiger partial charge in [-0.25, -0.2) is 0 Å². The smallest absolute Gasteiger partial charge is 0.243 e.